The molecule has 1 fully saturated rings. The van der Waals surface area contributed by atoms with E-state index in [1.165, 1.54) is 5.01 Å². The predicted molar refractivity (Wildman–Crippen MR) is 29.7 cm³/mol. The van der Waals surface area contributed by atoms with Crippen molar-refractivity contribution in [3.8, 4) is 0 Å². The van der Waals surface area contributed by atoms with Crippen LogP contribution in [0.3, 0.4) is 0 Å². The summed E-state index contributed by atoms with van der Waals surface area (Å²) in [4.78, 5) is 10.6. The van der Waals surface area contributed by atoms with E-state index in [-0.39, 0.29) is 11.4 Å². The molecule has 0 aromatic rings. The van der Waals surface area contributed by atoms with Gasteiger partial charge in [0.05, 0.1) is 0 Å². The van der Waals surface area contributed by atoms with Crippen LogP contribution < -0.4 is 5.84 Å². The smallest absolute Gasteiger partial charge is 0.264 e. The highest BCUT2D eigenvalue weighted by Crippen LogP contribution is 2.32. The van der Waals surface area contributed by atoms with Gasteiger partial charge in [0.1, 0.15) is 5.54 Å². The highest BCUT2D eigenvalue weighted by molar-refractivity contribution is 6.00. The van der Waals surface area contributed by atoms with Gasteiger partial charge in [0.15, 0.2) is 0 Å². The lowest BCUT2D eigenvalue weighted by Crippen LogP contribution is -2.17. The van der Waals surface area contributed by atoms with Crippen LogP contribution in [0, 0.1) is 0 Å². The molecule has 1 saturated heterocycles. The van der Waals surface area contributed by atoms with Crippen LogP contribution in [0.5, 0.6) is 0 Å². The van der Waals surface area contributed by atoms with Crippen molar-refractivity contribution in [2.75, 3.05) is 0 Å². The second-order valence-electron chi connectivity index (χ2n) is 2.30. The van der Waals surface area contributed by atoms with Crippen LogP contribution >= 0.6 is 0 Å². The van der Waals surface area contributed by atoms with Crippen molar-refractivity contribution in [1.82, 2.24) is 5.01 Å². The summed E-state index contributed by atoms with van der Waals surface area (Å²) in [5.41, 5.74) is -0.319. The van der Waals surface area contributed by atoms with Gasteiger partial charge in [0.25, 0.3) is 5.91 Å². The van der Waals surface area contributed by atoms with E-state index in [0.717, 1.165) is 6.42 Å². The molecule has 1 heterocycles. The number of hydrogen-bond donors (Lipinski definition) is 1. The molecule has 0 saturated carbocycles. The van der Waals surface area contributed by atoms with Crippen molar-refractivity contribution in [3.05, 3.63) is 0 Å². The molecule has 1 aliphatic rings. The monoisotopic (exact) mass is 114 g/mol. The van der Waals surface area contributed by atoms with E-state index >= 15 is 0 Å². The zero-order valence-electron chi connectivity index (χ0n) is 5.14. The Bertz CT molecular complexity index is 134. The zero-order chi connectivity index (χ0) is 6.36. The number of carbonyl (C=O) groups excluding carboxylic acids is 1. The number of carbonyl (C=O) groups is 1. The SMILES string of the molecule is CCC1(C)C(=O)N1N. The molecule has 1 amide bonds. The number of amides is 1. The fraction of sp³-hybridized carbons (Fsp3) is 0.800. The Morgan fingerprint density at radius 3 is 2.25 bits per heavy atom. The molecule has 1 unspecified atom stereocenters. The fourth-order valence-corrected chi connectivity index (χ4v) is 0.683. The first-order chi connectivity index (χ1) is 3.63. The van der Waals surface area contributed by atoms with Crippen LogP contribution in [0.15, 0.2) is 0 Å². The van der Waals surface area contributed by atoms with Gasteiger partial charge < -0.3 is 0 Å². The van der Waals surface area contributed by atoms with E-state index in [9.17, 15) is 4.79 Å². The molecule has 1 atom stereocenters. The van der Waals surface area contributed by atoms with Gasteiger partial charge in [-0.1, -0.05) is 6.92 Å². The molecule has 46 valence electrons. The summed E-state index contributed by atoms with van der Waals surface area (Å²) in [7, 11) is 0. The molecule has 0 aromatic heterocycles. The maximum Gasteiger partial charge on any atom is 0.264 e. The topological polar surface area (TPSA) is 46.1 Å². The summed E-state index contributed by atoms with van der Waals surface area (Å²) in [5, 5.41) is 1.27. The highest BCUT2D eigenvalue weighted by Gasteiger charge is 2.55. The molecular formula is C5H10N2O. The molecule has 2 N–H and O–H groups in total. The van der Waals surface area contributed by atoms with Gasteiger partial charge in [0, 0.05) is 0 Å². The molecule has 1 aliphatic heterocycles. The molecule has 0 aromatic carbocycles. The van der Waals surface area contributed by atoms with E-state index in [0.29, 0.717) is 0 Å². The van der Waals surface area contributed by atoms with E-state index in [1.807, 2.05) is 13.8 Å². The average molecular weight is 114 g/mol. The molecule has 1 rings (SSSR count). The quantitative estimate of drug-likeness (QED) is 0.293. The maximum atomic E-state index is 10.6. The number of nitrogens with zero attached hydrogens (tertiary/aromatic N) is 1. The van der Waals surface area contributed by atoms with Gasteiger partial charge >= 0.3 is 0 Å². The number of hydrazine groups is 1. The first-order valence-electron chi connectivity index (χ1n) is 2.72. The van der Waals surface area contributed by atoms with Crippen LogP contribution in [-0.2, 0) is 4.79 Å². The second-order valence-corrected chi connectivity index (χ2v) is 2.30. The first-order valence-corrected chi connectivity index (χ1v) is 2.72. The Labute approximate surface area is 48.4 Å². The summed E-state index contributed by atoms with van der Waals surface area (Å²) in [6.07, 6.45) is 0.808. The van der Waals surface area contributed by atoms with Crippen LogP contribution in [0.1, 0.15) is 20.3 Å². The number of hydrogen-bond acceptors (Lipinski definition) is 2. The summed E-state index contributed by atoms with van der Waals surface area (Å²) in [5.74, 6) is 5.29. The van der Waals surface area contributed by atoms with Gasteiger partial charge in [-0.3, -0.25) is 9.80 Å². The van der Waals surface area contributed by atoms with Crippen molar-refractivity contribution >= 4 is 5.91 Å². The Balaban J connectivity index is 2.63. The zero-order valence-corrected chi connectivity index (χ0v) is 5.14. The molecule has 3 heteroatoms. The lowest BCUT2D eigenvalue weighted by molar-refractivity contribution is -0.114. The Morgan fingerprint density at radius 1 is 1.88 bits per heavy atom. The number of nitrogens with two attached hydrogens (primary N) is 1. The van der Waals surface area contributed by atoms with Crippen molar-refractivity contribution in [3.63, 3.8) is 0 Å². The minimum absolute atomic E-state index is 0.0556. The van der Waals surface area contributed by atoms with Crippen LogP contribution in [-0.4, -0.2) is 16.5 Å². The minimum Gasteiger partial charge on any atom is -0.271 e. The summed E-state index contributed by atoms with van der Waals surface area (Å²) in [6, 6.07) is 0. The molecule has 0 aliphatic carbocycles. The third kappa shape index (κ3) is 0.395. The van der Waals surface area contributed by atoms with E-state index in [1.54, 1.807) is 0 Å². The molecule has 8 heavy (non-hydrogen) atoms. The van der Waals surface area contributed by atoms with Gasteiger partial charge in [-0.25, -0.2) is 5.84 Å². The van der Waals surface area contributed by atoms with E-state index < -0.39 is 0 Å². The highest BCUT2D eigenvalue weighted by atomic mass is 16.2. The van der Waals surface area contributed by atoms with E-state index in [2.05, 4.69) is 0 Å². The largest absolute Gasteiger partial charge is 0.271 e. The molecule has 0 spiro atoms. The van der Waals surface area contributed by atoms with Gasteiger partial charge in [-0.05, 0) is 13.3 Å². The summed E-state index contributed by atoms with van der Waals surface area (Å²) >= 11 is 0. The molecule has 0 bridgehead atoms. The third-order valence-corrected chi connectivity index (χ3v) is 1.85. The van der Waals surface area contributed by atoms with Gasteiger partial charge in [-0.2, -0.15) is 0 Å². The standard InChI is InChI=1S/C5H10N2O/c1-3-5(2)4(8)7(5)6/h3,6H2,1-2H3. The van der Waals surface area contributed by atoms with E-state index in [4.69, 9.17) is 5.84 Å². The first kappa shape index (κ1) is 5.56. The average Bonchev–Trinajstić information content (AvgIpc) is 2.22. The van der Waals surface area contributed by atoms with Crippen molar-refractivity contribution in [2.45, 2.75) is 25.8 Å². The van der Waals surface area contributed by atoms with Crippen molar-refractivity contribution < 1.29 is 4.79 Å². The maximum absolute atomic E-state index is 10.6. The predicted octanol–water partition coefficient (Wildman–Crippen LogP) is -0.129. The van der Waals surface area contributed by atoms with Crippen LogP contribution in [0.4, 0.5) is 0 Å². The normalized spacial score (nSPS) is 35.9. The Kier molecular flexibility index (Phi) is 0.854. The third-order valence-electron chi connectivity index (χ3n) is 1.85. The van der Waals surface area contributed by atoms with Gasteiger partial charge in [-0.15, -0.1) is 0 Å². The van der Waals surface area contributed by atoms with Crippen molar-refractivity contribution in [2.24, 2.45) is 5.84 Å². The summed E-state index contributed by atoms with van der Waals surface area (Å²) in [6.45, 7) is 3.79. The Morgan fingerprint density at radius 2 is 2.25 bits per heavy atom. The molecular weight excluding hydrogens is 104 g/mol. The lowest BCUT2D eigenvalue weighted by atomic mass is 10.1. The lowest BCUT2D eigenvalue weighted by Gasteiger charge is -1.97. The molecule has 3 nitrogen and oxygen atoms in total. The summed E-state index contributed by atoms with van der Waals surface area (Å²) < 4.78 is 0. The fourth-order valence-electron chi connectivity index (χ4n) is 0.683. The number of rotatable bonds is 1. The molecule has 0 radical (unpaired) electrons. The Hall–Kier alpha value is -0.570. The van der Waals surface area contributed by atoms with Crippen molar-refractivity contribution in [1.29, 1.82) is 0 Å². The van der Waals surface area contributed by atoms with Crippen LogP contribution in [0.25, 0.3) is 0 Å². The minimum atomic E-state index is -0.319. The van der Waals surface area contributed by atoms with Crippen LogP contribution in [0.2, 0.25) is 0 Å². The van der Waals surface area contributed by atoms with Gasteiger partial charge in [0.2, 0.25) is 0 Å². The second kappa shape index (κ2) is 1.23.